The molecule has 2 N–H and O–H groups in total. The minimum Gasteiger partial charge on any atom is -0.342 e. The monoisotopic (exact) mass is 377 g/mol. The number of fused-ring (bicyclic) bond motifs is 1. The molecule has 6 nitrogen and oxygen atoms in total. The molecule has 0 aliphatic heterocycles. The molecular formula is C19H27N3O3S. The molecule has 0 atom stereocenters. The van der Waals surface area contributed by atoms with Crippen LogP contribution in [0.3, 0.4) is 0 Å². The maximum absolute atomic E-state index is 12.3. The molecule has 0 radical (unpaired) electrons. The summed E-state index contributed by atoms with van der Waals surface area (Å²) >= 11 is 0. The van der Waals surface area contributed by atoms with Crippen LogP contribution in [0.25, 0.3) is 11.0 Å². The van der Waals surface area contributed by atoms with E-state index in [4.69, 9.17) is 0 Å². The number of sulfone groups is 1. The third kappa shape index (κ3) is 4.63. The van der Waals surface area contributed by atoms with Crippen LogP contribution < -0.4 is 5.32 Å². The van der Waals surface area contributed by atoms with Gasteiger partial charge in [0.05, 0.1) is 22.0 Å². The van der Waals surface area contributed by atoms with E-state index in [-0.39, 0.29) is 23.3 Å². The molecule has 142 valence electrons. The smallest absolute Gasteiger partial charge is 0.225 e. The van der Waals surface area contributed by atoms with E-state index >= 15 is 0 Å². The highest BCUT2D eigenvalue weighted by Gasteiger charge is 2.28. The third-order valence-electron chi connectivity index (χ3n) is 5.01. The van der Waals surface area contributed by atoms with Crippen LogP contribution in [0.4, 0.5) is 5.69 Å². The zero-order chi connectivity index (χ0) is 18.6. The zero-order valence-corrected chi connectivity index (χ0v) is 16.1. The van der Waals surface area contributed by atoms with Crippen LogP contribution in [-0.4, -0.2) is 35.3 Å². The topological polar surface area (TPSA) is 91.9 Å². The number of H-pyrrole nitrogens is 1. The number of imidazole rings is 1. The van der Waals surface area contributed by atoms with Gasteiger partial charge < -0.3 is 10.3 Å². The van der Waals surface area contributed by atoms with E-state index in [0.29, 0.717) is 5.69 Å². The highest BCUT2D eigenvalue weighted by molar-refractivity contribution is 7.92. The molecule has 1 aromatic heterocycles. The van der Waals surface area contributed by atoms with Crippen molar-refractivity contribution in [2.45, 2.75) is 63.5 Å². The second kappa shape index (κ2) is 8.20. The molecule has 0 bridgehead atoms. The number of benzene rings is 1. The van der Waals surface area contributed by atoms with Crippen LogP contribution >= 0.6 is 0 Å². The van der Waals surface area contributed by atoms with Crippen molar-refractivity contribution in [3.8, 4) is 0 Å². The van der Waals surface area contributed by atoms with Crippen LogP contribution in [0.5, 0.6) is 0 Å². The highest BCUT2D eigenvalue weighted by atomic mass is 32.2. The number of amides is 1. The maximum atomic E-state index is 12.3. The quantitative estimate of drug-likeness (QED) is 0.735. The highest BCUT2D eigenvalue weighted by Crippen LogP contribution is 2.25. The molecule has 3 rings (SSSR count). The predicted molar refractivity (Wildman–Crippen MR) is 104 cm³/mol. The first kappa shape index (κ1) is 18.9. The molecule has 1 saturated carbocycles. The molecular weight excluding hydrogens is 350 g/mol. The number of nitrogens with zero attached hydrogens (tertiary/aromatic N) is 1. The standard InChI is InChI=1S/C19H27N3O3S/c1-2-3-8-18-21-16-10-9-14(13-17(16)22-18)20-19(23)11-12-26(24,25)15-6-4-5-7-15/h9-10,13,15H,2-8,11-12H2,1H3,(H,20,23)(H,21,22). The lowest BCUT2D eigenvalue weighted by molar-refractivity contribution is -0.115. The van der Waals surface area contributed by atoms with Crippen molar-refractivity contribution >= 4 is 32.5 Å². The molecule has 1 amide bonds. The number of aromatic amines is 1. The van der Waals surface area contributed by atoms with E-state index in [1.807, 2.05) is 12.1 Å². The normalized spacial score (nSPS) is 15.6. The second-order valence-electron chi connectivity index (χ2n) is 7.09. The number of rotatable bonds is 8. The van der Waals surface area contributed by atoms with Gasteiger partial charge in [-0.1, -0.05) is 26.2 Å². The number of aromatic nitrogens is 2. The Kier molecular flexibility index (Phi) is 5.96. The second-order valence-corrected chi connectivity index (χ2v) is 9.49. The fourth-order valence-corrected chi connectivity index (χ4v) is 5.33. The molecule has 0 unspecified atom stereocenters. The summed E-state index contributed by atoms with van der Waals surface area (Å²) in [6.07, 6.45) is 6.52. The average molecular weight is 378 g/mol. The summed E-state index contributed by atoms with van der Waals surface area (Å²) in [5.74, 6) is 0.612. The van der Waals surface area contributed by atoms with Gasteiger partial charge in [-0.15, -0.1) is 0 Å². The van der Waals surface area contributed by atoms with E-state index in [9.17, 15) is 13.2 Å². The van der Waals surface area contributed by atoms with Gasteiger partial charge in [0.25, 0.3) is 0 Å². The lowest BCUT2D eigenvalue weighted by atomic mass is 10.2. The molecule has 1 aliphatic rings. The predicted octanol–water partition coefficient (Wildman–Crippen LogP) is 3.59. The van der Waals surface area contributed by atoms with Crippen LogP contribution in [0.1, 0.15) is 57.7 Å². The van der Waals surface area contributed by atoms with E-state index in [1.54, 1.807) is 6.07 Å². The number of hydrogen-bond donors (Lipinski definition) is 2. The molecule has 1 aromatic carbocycles. The lowest BCUT2D eigenvalue weighted by Gasteiger charge is -2.11. The van der Waals surface area contributed by atoms with Crippen molar-refractivity contribution in [3.05, 3.63) is 24.0 Å². The van der Waals surface area contributed by atoms with Crippen molar-refractivity contribution < 1.29 is 13.2 Å². The van der Waals surface area contributed by atoms with Crippen molar-refractivity contribution in [1.82, 2.24) is 9.97 Å². The van der Waals surface area contributed by atoms with Crippen LogP contribution in [0.15, 0.2) is 18.2 Å². The van der Waals surface area contributed by atoms with E-state index in [1.165, 1.54) is 0 Å². The van der Waals surface area contributed by atoms with Gasteiger partial charge in [-0.2, -0.15) is 0 Å². The first-order valence-corrected chi connectivity index (χ1v) is 11.2. The van der Waals surface area contributed by atoms with Gasteiger partial charge in [-0.05, 0) is 37.5 Å². The minimum atomic E-state index is -3.16. The molecule has 26 heavy (non-hydrogen) atoms. The largest absolute Gasteiger partial charge is 0.342 e. The Morgan fingerprint density at radius 3 is 2.81 bits per heavy atom. The molecule has 7 heteroatoms. The number of unbranched alkanes of at least 4 members (excludes halogenated alkanes) is 1. The fourth-order valence-electron chi connectivity index (χ4n) is 3.48. The first-order chi connectivity index (χ1) is 12.5. The molecule has 1 heterocycles. The van der Waals surface area contributed by atoms with E-state index < -0.39 is 9.84 Å². The van der Waals surface area contributed by atoms with Gasteiger partial charge in [0.15, 0.2) is 9.84 Å². The Bertz CT molecular complexity index is 867. The van der Waals surface area contributed by atoms with Gasteiger partial charge in [-0.3, -0.25) is 4.79 Å². The van der Waals surface area contributed by atoms with Crippen molar-refractivity contribution in [3.63, 3.8) is 0 Å². The summed E-state index contributed by atoms with van der Waals surface area (Å²) < 4.78 is 24.5. The Balaban J connectivity index is 1.58. The summed E-state index contributed by atoms with van der Waals surface area (Å²) in [5, 5.41) is 2.55. The lowest BCUT2D eigenvalue weighted by Crippen LogP contribution is -2.24. The molecule has 0 saturated heterocycles. The molecule has 1 aliphatic carbocycles. The van der Waals surface area contributed by atoms with Crippen LogP contribution in [0, 0.1) is 0 Å². The molecule has 2 aromatic rings. The Hall–Kier alpha value is -1.89. The number of carbonyl (C=O) groups excluding carboxylic acids is 1. The number of carbonyl (C=O) groups is 1. The fraction of sp³-hybridized carbons (Fsp3) is 0.579. The maximum Gasteiger partial charge on any atom is 0.225 e. The number of nitrogens with one attached hydrogen (secondary N) is 2. The van der Waals surface area contributed by atoms with E-state index in [2.05, 4.69) is 22.2 Å². The third-order valence-corrected chi connectivity index (χ3v) is 7.27. The Morgan fingerprint density at radius 1 is 1.31 bits per heavy atom. The zero-order valence-electron chi connectivity index (χ0n) is 15.3. The summed E-state index contributed by atoms with van der Waals surface area (Å²) in [5.41, 5.74) is 2.41. The van der Waals surface area contributed by atoms with Crippen molar-refractivity contribution in [2.24, 2.45) is 0 Å². The van der Waals surface area contributed by atoms with Crippen molar-refractivity contribution in [1.29, 1.82) is 0 Å². The number of anilines is 1. The average Bonchev–Trinajstić information content (AvgIpc) is 3.27. The Labute approximate surface area is 154 Å². The van der Waals surface area contributed by atoms with Gasteiger partial charge in [0.2, 0.25) is 5.91 Å². The van der Waals surface area contributed by atoms with Gasteiger partial charge in [0, 0.05) is 18.5 Å². The summed E-state index contributed by atoms with van der Waals surface area (Å²) in [6, 6.07) is 5.52. The summed E-state index contributed by atoms with van der Waals surface area (Å²) in [6.45, 7) is 2.14. The van der Waals surface area contributed by atoms with E-state index in [0.717, 1.165) is 61.8 Å². The summed E-state index contributed by atoms with van der Waals surface area (Å²) in [7, 11) is -3.16. The van der Waals surface area contributed by atoms with Crippen molar-refractivity contribution in [2.75, 3.05) is 11.1 Å². The summed E-state index contributed by atoms with van der Waals surface area (Å²) in [4.78, 5) is 20.0. The van der Waals surface area contributed by atoms with Gasteiger partial charge >= 0.3 is 0 Å². The minimum absolute atomic E-state index is 0.00158. The number of aryl methyl sites for hydroxylation is 1. The van der Waals surface area contributed by atoms with Crippen LogP contribution in [0.2, 0.25) is 0 Å². The molecule has 0 spiro atoms. The SMILES string of the molecule is CCCCc1nc2ccc(NC(=O)CCS(=O)(=O)C3CCCC3)cc2[nH]1. The number of hydrogen-bond acceptors (Lipinski definition) is 4. The first-order valence-electron chi connectivity index (χ1n) is 9.48. The molecule has 1 fully saturated rings. The van der Waals surface area contributed by atoms with Crippen LogP contribution in [-0.2, 0) is 21.1 Å². The Morgan fingerprint density at radius 2 is 2.08 bits per heavy atom. The van der Waals surface area contributed by atoms with Gasteiger partial charge in [-0.25, -0.2) is 13.4 Å². The van der Waals surface area contributed by atoms with Gasteiger partial charge in [0.1, 0.15) is 5.82 Å².